The van der Waals surface area contributed by atoms with Crippen molar-refractivity contribution in [2.24, 2.45) is 5.73 Å². The normalized spacial score (nSPS) is 9.79. The molecule has 0 unspecified atom stereocenters. The fraction of sp³-hybridized carbons (Fsp3) is 0.800. The highest BCUT2D eigenvalue weighted by Gasteiger charge is 1.97. The topological polar surface area (TPSA) is 38.0 Å². The highest BCUT2D eigenvalue weighted by Crippen LogP contribution is 2.03. The van der Waals surface area contributed by atoms with E-state index in [2.05, 4.69) is 12.2 Å². The van der Waals surface area contributed by atoms with Crippen molar-refractivity contribution >= 4 is 34.4 Å². The third kappa shape index (κ3) is 8.38. The van der Waals surface area contributed by atoms with Gasteiger partial charge < -0.3 is 11.1 Å². The Hall–Kier alpha value is -0.220. The monoisotopic (exact) mass is 232 g/mol. The van der Waals surface area contributed by atoms with Gasteiger partial charge in [0.1, 0.15) is 9.98 Å². The Labute approximate surface area is 97.6 Å². The van der Waals surface area contributed by atoms with Crippen LogP contribution in [0.5, 0.6) is 0 Å². The number of hydrogen-bond acceptors (Lipinski definition) is 2. The maximum Gasteiger partial charge on any atom is 0.133 e. The number of nitrogens with one attached hydrogen (secondary N) is 1. The van der Waals surface area contributed by atoms with Gasteiger partial charge in [-0.2, -0.15) is 0 Å². The van der Waals surface area contributed by atoms with E-state index < -0.39 is 0 Å². The number of hydrogen-bond donors (Lipinski definition) is 2. The molecule has 0 aliphatic rings. The summed E-state index contributed by atoms with van der Waals surface area (Å²) in [5.41, 5.74) is 5.34. The minimum absolute atomic E-state index is 0.297. The van der Waals surface area contributed by atoms with Crippen molar-refractivity contribution in [1.82, 2.24) is 5.32 Å². The van der Waals surface area contributed by atoms with E-state index in [9.17, 15) is 0 Å². The van der Waals surface area contributed by atoms with E-state index in [0.29, 0.717) is 9.98 Å². The standard InChI is InChI=1S/C10H20N2S2/c1-2-3-4-5-6-7-8-12-10(14)9(11)13/h2-8H2,1H3,(H2,11,13)(H,12,14). The van der Waals surface area contributed by atoms with Gasteiger partial charge in [-0.1, -0.05) is 63.5 Å². The van der Waals surface area contributed by atoms with Gasteiger partial charge in [0, 0.05) is 6.54 Å². The molecule has 0 aromatic heterocycles. The van der Waals surface area contributed by atoms with E-state index in [1.54, 1.807) is 0 Å². The van der Waals surface area contributed by atoms with E-state index in [-0.39, 0.29) is 0 Å². The molecule has 0 saturated heterocycles. The number of rotatable bonds is 7. The third-order valence-corrected chi connectivity index (χ3v) is 2.74. The molecule has 2 nitrogen and oxygen atoms in total. The summed E-state index contributed by atoms with van der Waals surface area (Å²) in [6.07, 6.45) is 7.70. The fourth-order valence-electron chi connectivity index (χ4n) is 1.19. The summed E-state index contributed by atoms with van der Waals surface area (Å²) in [6, 6.07) is 0. The molecule has 0 atom stereocenters. The minimum atomic E-state index is 0.297. The van der Waals surface area contributed by atoms with Crippen LogP contribution in [-0.4, -0.2) is 16.5 Å². The molecule has 0 saturated carbocycles. The largest absolute Gasteiger partial charge is 0.388 e. The van der Waals surface area contributed by atoms with Crippen LogP contribution in [0, 0.1) is 0 Å². The molecule has 3 N–H and O–H groups in total. The SMILES string of the molecule is CCCCCCCCNC(=S)C(N)=S. The summed E-state index contributed by atoms with van der Waals surface area (Å²) in [6.45, 7) is 3.12. The van der Waals surface area contributed by atoms with Crippen molar-refractivity contribution in [3.8, 4) is 0 Å². The van der Waals surface area contributed by atoms with Crippen molar-refractivity contribution in [1.29, 1.82) is 0 Å². The van der Waals surface area contributed by atoms with Crippen LogP contribution in [0.2, 0.25) is 0 Å². The highest BCUT2D eigenvalue weighted by atomic mass is 32.1. The lowest BCUT2D eigenvalue weighted by atomic mass is 10.1. The number of unbranched alkanes of at least 4 members (excludes halogenated alkanes) is 5. The van der Waals surface area contributed by atoms with Crippen LogP contribution < -0.4 is 11.1 Å². The second-order valence-corrected chi connectivity index (χ2v) is 4.24. The third-order valence-electron chi connectivity index (χ3n) is 2.04. The quantitative estimate of drug-likeness (QED) is 0.522. The van der Waals surface area contributed by atoms with Crippen LogP contribution in [0.15, 0.2) is 0 Å². The fourth-order valence-corrected chi connectivity index (χ4v) is 1.37. The van der Waals surface area contributed by atoms with Crippen molar-refractivity contribution in [3.63, 3.8) is 0 Å². The molecular weight excluding hydrogens is 212 g/mol. The maximum atomic E-state index is 5.34. The van der Waals surface area contributed by atoms with Gasteiger partial charge >= 0.3 is 0 Å². The van der Waals surface area contributed by atoms with Crippen molar-refractivity contribution in [2.45, 2.75) is 45.4 Å². The van der Waals surface area contributed by atoms with Crippen molar-refractivity contribution in [3.05, 3.63) is 0 Å². The molecule has 0 rings (SSSR count). The first kappa shape index (κ1) is 13.8. The first-order chi connectivity index (χ1) is 6.68. The van der Waals surface area contributed by atoms with Gasteiger partial charge in [-0.25, -0.2) is 0 Å². The Morgan fingerprint density at radius 3 is 2.21 bits per heavy atom. The van der Waals surface area contributed by atoms with Crippen LogP contribution in [0.4, 0.5) is 0 Å². The highest BCUT2D eigenvalue weighted by molar-refractivity contribution is 7.89. The Morgan fingerprint density at radius 1 is 1.07 bits per heavy atom. The zero-order valence-electron chi connectivity index (χ0n) is 8.84. The summed E-state index contributed by atoms with van der Waals surface area (Å²) < 4.78 is 0. The lowest BCUT2D eigenvalue weighted by Gasteiger charge is -2.05. The lowest BCUT2D eigenvalue weighted by Crippen LogP contribution is -2.33. The average Bonchev–Trinajstić information content (AvgIpc) is 2.16. The summed E-state index contributed by atoms with van der Waals surface area (Å²) in [5, 5.41) is 3.04. The lowest BCUT2D eigenvalue weighted by molar-refractivity contribution is 0.603. The first-order valence-corrected chi connectivity index (χ1v) is 6.07. The zero-order valence-corrected chi connectivity index (χ0v) is 10.5. The van der Waals surface area contributed by atoms with E-state index >= 15 is 0 Å². The van der Waals surface area contributed by atoms with Crippen molar-refractivity contribution in [2.75, 3.05) is 6.54 Å². The van der Waals surface area contributed by atoms with Gasteiger partial charge in [-0.15, -0.1) is 0 Å². The second-order valence-electron chi connectivity index (χ2n) is 3.39. The average molecular weight is 232 g/mol. The van der Waals surface area contributed by atoms with Gasteiger partial charge in [0.15, 0.2) is 0 Å². The van der Waals surface area contributed by atoms with Crippen LogP contribution >= 0.6 is 24.4 Å². The molecule has 0 spiro atoms. The van der Waals surface area contributed by atoms with E-state index in [1.165, 1.54) is 32.1 Å². The molecule has 0 radical (unpaired) electrons. The van der Waals surface area contributed by atoms with Crippen LogP contribution in [0.3, 0.4) is 0 Å². The van der Waals surface area contributed by atoms with Gasteiger partial charge in [0.2, 0.25) is 0 Å². The van der Waals surface area contributed by atoms with Crippen LogP contribution in [0.1, 0.15) is 45.4 Å². The molecule has 0 heterocycles. The summed E-state index contributed by atoms with van der Waals surface area (Å²) in [5.74, 6) is 0. The molecular formula is C10H20N2S2. The number of nitrogens with two attached hydrogens (primary N) is 1. The van der Waals surface area contributed by atoms with Gasteiger partial charge in [-0.3, -0.25) is 0 Å². The Kier molecular flexibility index (Phi) is 9.19. The molecule has 0 aliphatic heterocycles. The summed E-state index contributed by atoms with van der Waals surface area (Å²) in [4.78, 5) is 0.819. The number of thiocarbonyl (C=S) groups is 2. The van der Waals surface area contributed by atoms with Gasteiger partial charge in [-0.05, 0) is 6.42 Å². The minimum Gasteiger partial charge on any atom is -0.388 e. The van der Waals surface area contributed by atoms with Crippen LogP contribution in [-0.2, 0) is 0 Å². The molecule has 0 aliphatic carbocycles. The van der Waals surface area contributed by atoms with Gasteiger partial charge in [0.25, 0.3) is 0 Å². The molecule has 0 amide bonds. The Morgan fingerprint density at radius 2 is 1.64 bits per heavy atom. The Balaban J connectivity index is 3.13. The smallest absolute Gasteiger partial charge is 0.133 e. The van der Waals surface area contributed by atoms with E-state index in [0.717, 1.165) is 13.0 Å². The van der Waals surface area contributed by atoms with Crippen LogP contribution in [0.25, 0.3) is 0 Å². The van der Waals surface area contributed by atoms with Gasteiger partial charge in [0.05, 0.1) is 0 Å². The first-order valence-electron chi connectivity index (χ1n) is 5.26. The second kappa shape index (κ2) is 9.34. The molecule has 0 aromatic rings. The molecule has 4 heteroatoms. The predicted octanol–water partition coefficient (Wildman–Crippen LogP) is 2.55. The molecule has 14 heavy (non-hydrogen) atoms. The Bertz CT molecular complexity index is 181. The van der Waals surface area contributed by atoms with E-state index in [1.807, 2.05) is 0 Å². The molecule has 0 aromatic carbocycles. The predicted molar refractivity (Wildman–Crippen MR) is 70.8 cm³/mol. The summed E-state index contributed by atoms with van der Waals surface area (Å²) >= 11 is 9.65. The molecule has 82 valence electrons. The molecule has 0 bridgehead atoms. The zero-order chi connectivity index (χ0) is 10.8. The summed E-state index contributed by atoms with van der Waals surface area (Å²) in [7, 11) is 0. The molecule has 0 fully saturated rings. The van der Waals surface area contributed by atoms with Crippen molar-refractivity contribution < 1.29 is 0 Å². The maximum absolute atomic E-state index is 5.34. The van der Waals surface area contributed by atoms with E-state index in [4.69, 9.17) is 30.2 Å².